The van der Waals surface area contributed by atoms with Crippen LogP contribution in [-0.4, -0.2) is 37.0 Å². The fraction of sp³-hybridized carbons (Fsp3) is 0.350. The molecule has 0 spiro atoms. The average molecular weight is 413 g/mol. The van der Waals surface area contributed by atoms with E-state index in [2.05, 4.69) is 10.2 Å². The SMILES string of the molecule is COc1ccc(Cl)cc1C(=O)NCC1CCCN1Cc1ccc(F)cc1.Cl. The van der Waals surface area contributed by atoms with Crippen molar-refractivity contribution in [3.05, 3.63) is 64.4 Å². The third-order valence-electron chi connectivity index (χ3n) is 4.70. The van der Waals surface area contributed by atoms with Crippen LogP contribution in [0.15, 0.2) is 42.5 Å². The largest absolute Gasteiger partial charge is 0.496 e. The minimum absolute atomic E-state index is 0. The smallest absolute Gasteiger partial charge is 0.255 e. The van der Waals surface area contributed by atoms with Crippen LogP contribution in [0, 0.1) is 5.82 Å². The predicted molar refractivity (Wildman–Crippen MR) is 107 cm³/mol. The van der Waals surface area contributed by atoms with Gasteiger partial charge in [0.2, 0.25) is 0 Å². The number of likely N-dealkylation sites (tertiary alicyclic amines) is 1. The van der Waals surface area contributed by atoms with Crippen molar-refractivity contribution in [3.63, 3.8) is 0 Å². The number of ether oxygens (including phenoxy) is 1. The molecule has 4 nitrogen and oxygen atoms in total. The summed E-state index contributed by atoms with van der Waals surface area (Å²) in [6, 6.07) is 11.8. The third kappa shape index (κ3) is 5.58. The van der Waals surface area contributed by atoms with Crippen molar-refractivity contribution in [3.8, 4) is 5.75 Å². The molecular weight excluding hydrogens is 390 g/mol. The Hall–Kier alpha value is -1.82. The van der Waals surface area contributed by atoms with Gasteiger partial charge in [-0.05, 0) is 55.3 Å². The first-order chi connectivity index (χ1) is 12.6. The van der Waals surface area contributed by atoms with Crippen LogP contribution < -0.4 is 10.1 Å². The summed E-state index contributed by atoms with van der Waals surface area (Å²) in [7, 11) is 1.53. The summed E-state index contributed by atoms with van der Waals surface area (Å²) < 4.78 is 18.3. The number of rotatable bonds is 6. The molecule has 0 bridgehead atoms. The molecule has 27 heavy (non-hydrogen) atoms. The number of amides is 1. The number of carbonyl (C=O) groups excluding carboxylic acids is 1. The summed E-state index contributed by atoms with van der Waals surface area (Å²) in [6.07, 6.45) is 2.11. The maximum Gasteiger partial charge on any atom is 0.255 e. The number of nitrogens with one attached hydrogen (secondary N) is 1. The van der Waals surface area contributed by atoms with Gasteiger partial charge in [-0.1, -0.05) is 23.7 Å². The minimum Gasteiger partial charge on any atom is -0.496 e. The van der Waals surface area contributed by atoms with Crippen LogP contribution in [-0.2, 0) is 6.54 Å². The molecule has 0 aromatic heterocycles. The summed E-state index contributed by atoms with van der Waals surface area (Å²) in [5.74, 6) is 0.0777. The van der Waals surface area contributed by atoms with Gasteiger partial charge in [0.25, 0.3) is 5.91 Å². The molecular formula is C20H23Cl2FN2O2. The van der Waals surface area contributed by atoms with Crippen LogP contribution in [0.5, 0.6) is 5.75 Å². The van der Waals surface area contributed by atoms with Crippen molar-refractivity contribution < 1.29 is 13.9 Å². The number of carbonyl (C=O) groups is 1. The van der Waals surface area contributed by atoms with Crippen LogP contribution >= 0.6 is 24.0 Å². The highest BCUT2D eigenvalue weighted by Gasteiger charge is 2.25. The topological polar surface area (TPSA) is 41.6 Å². The molecule has 1 atom stereocenters. The molecule has 1 fully saturated rings. The molecule has 2 aromatic carbocycles. The molecule has 1 amide bonds. The van der Waals surface area contributed by atoms with Crippen molar-refractivity contribution in [2.75, 3.05) is 20.2 Å². The van der Waals surface area contributed by atoms with Crippen molar-refractivity contribution >= 4 is 29.9 Å². The maximum absolute atomic E-state index is 13.1. The van der Waals surface area contributed by atoms with E-state index in [0.29, 0.717) is 22.9 Å². The van der Waals surface area contributed by atoms with E-state index in [0.717, 1.165) is 31.5 Å². The zero-order chi connectivity index (χ0) is 18.5. The van der Waals surface area contributed by atoms with Gasteiger partial charge in [0.15, 0.2) is 0 Å². The zero-order valence-electron chi connectivity index (χ0n) is 15.1. The van der Waals surface area contributed by atoms with Gasteiger partial charge in [-0.15, -0.1) is 12.4 Å². The molecule has 1 heterocycles. The number of hydrogen-bond acceptors (Lipinski definition) is 3. The molecule has 146 valence electrons. The summed E-state index contributed by atoms with van der Waals surface area (Å²) in [5.41, 5.74) is 1.50. The van der Waals surface area contributed by atoms with Gasteiger partial charge in [-0.2, -0.15) is 0 Å². The first kappa shape index (κ1) is 21.5. The van der Waals surface area contributed by atoms with Gasteiger partial charge in [0, 0.05) is 24.2 Å². The summed E-state index contributed by atoms with van der Waals surface area (Å²) in [6.45, 7) is 2.27. The fourth-order valence-corrected chi connectivity index (χ4v) is 3.49. The van der Waals surface area contributed by atoms with Crippen LogP contribution in [0.3, 0.4) is 0 Å². The Morgan fingerprint density at radius 1 is 1.30 bits per heavy atom. The van der Waals surface area contributed by atoms with Crippen LogP contribution in [0.2, 0.25) is 5.02 Å². The Morgan fingerprint density at radius 2 is 2.04 bits per heavy atom. The molecule has 0 radical (unpaired) electrons. The highest BCUT2D eigenvalue weighted by atomic mass is 35.5. The number of methoxy groups -OCH3 is 1. The van der Waals surface area contributed by atoms with E-state index < -0.39 is 0 Å². The Labute approximate surface area is 170 Å². The summed E-state index contributed by atoms with van der Waals surface area (Å²) >= 11 is 6.00. The Bertz CT molecular complexity index is 771. The molecule has 3 rings (SSSR count). The van der Waals surface area contributed by atoms with Crippen LogP contribution in [0.4, 0.5) is 4.39 Å². The Balaban J connectivity index is 0.00000261. The molecule has 1 saturated heterocycles. The van der Waals surface area contributed by atoms with Gasteiger partial charge in [0.05, 0.1) is 12.7 Å². The number of nitrogens with zero attached hydrogens (tertiary/aromatic N) is 1. The molecule has 1 N–H and O–H groups in total. The fourth-order valence-electron chi connectivity index (χ4n) is 3.32. The summed E-state index contributed by atoms with van der Waals surface area (Å²) in [4.78, 5) is 14.8. The van der Waals surface area contributed by atoms with Gasteiger partial charge >= 0.3 is 0 Å². The first-order valence-electron chi connectivity index (χ1n) is 8.67. The normalized spacial score (nSPS) is 16.6. The van der Waals surface area contributed by atoms with E-state index >= 15 is 0 Å². The van der Waals surface area contributed by atoms with Gasteiger partial charge in [0.1, 0.15) is 11.6 Å². The van der Waals surface area contributed by atoms with Crippen molar-refractivity contribution in [1.82, 2.24) is 10.2 Å². The molecule has 0 aliphatic carbocycles. The number of hydrogen-bond donors (Lipinski definition) is 1. The van der Waals surface area contributed by atoms with E-state index in [9.17, 15) is 9.18 Å². The monoisotopic (exact) mass is 412 g/mol. The van der Waals surface area contributed by atoms with E-state index in [4.69, 9.17) is 16.3 Å². The Kier molecular flexibility index (Phi) is 7.90. The maximum atomic E-state index is 13.1. The first-order valence-corrected chi connectivity index (χ1v) is 9.05. The van der Waals surface area contributed by atoms with Crippen molar-refractivity contribution in [2.24, 2.45) is 0 Å². The average Bonchev–Trinajstić information content (AvgIpc) is 3.08. The lowest BCUT2D eigenvalue weighted by atomic mass is 10.1. The predicted octanol–water partition coefficient (Wildman–Crippen LogP) is 4.30. The second-order valence-corrected chi connectivity index (χ2v) is 6.88. The molecule has 7 heteroatoms. The second kappa shape index (κ2) is 9.93. The van der Waals surface area contributed by atoms with E-state index in [1.165, 1.54) is 19.2 Å². The van der Waals surface area contributed by atoms with Gasteiger partial charge in [-0.25, -0.2) is 4.39 Å². The quantitative estimate of drug-likeness (QED) is 0.768. The van der Waals surface area contributed by atoms with Crippen molar-refractivity contribution in [2.45, 2.75) is 25.4 Å². The lowest BCUT2D eigenvalue weighted by Gasteiger charge is -2.25. The summed E-state index contributed by atoms with van der Waals surface area (Å²) in [5, 5.41) is 3.48. The molecule has 1 unspecified atom stereocenters. The van der Waals surface area contributed by atoms with Crippen molar-refractivity contribution in [1.29, 1.82) is 0 Å². The second-order valence-electron chi connectivity index (χ2n) is 6.45. The van der Waals surface area contributed by atoms with E-state index in [-0.39, 0.29) is 30.2 Å². The number of benzene rings is 2. The molecule has 0 saturated carbocycles. The third-order valence-corrected chi connectivity index (χ3v) is 4.94. The van der Waals surface area contributed by atoms with Gasteiger partial charge in [-0.3, -0.25) is 9.69 Å². The molecule has 1 aliphatic heterocycles. The zero-order valence-corrected chi connectivity index (χ0v) is 16.7. The molecule has 2 aromatic rings. The molecule has 1 aliphatic rings. The lowest BCUT2D eigenvalue weighted by molar-refractivity contribution is 0.0937. The standard InChI is InChI=1S/C20H22ClFN2O2.ClH/c1-26-19-9-6-15(21)11-18(19)20(25)23-12-17-3-2-10-24(17)13-14-4-7-16(22)8-5-14;/h4-9,11,17H,2-3,10,12-13H2,1H3,(H,23,25);1H. The number of halogens is 3. The minimum atomic E-state index is -0.227. The highest BCUT2D eigenvalue weighted by Crippen LogP contribution is 2.23. The van der Waals surface area contributed by atoms with Crippen LogP contribution in [0.1, 0.15) is 28.8 Å². The van der Waals surface area contributed by atoms with E-state index in [1.54, 1.807) is 30.3 Å². The Morgan fingerprint density at radius 3 is 2.74 bits per heavy atom. The van der Waals surface area contributed by atoms with E-state index in [1.807, 2.05) is 0 Å². The van der Waals surface area contributed by atoms with Gasteiger partial charge < -0.3 is 10.1 Å². The van der Waals surface area contributed by atoms with Crippen LogP contribution in [0.25, 0.3) is 0 Å². The lowest BCUT2D eigenvalue weighted by Crippen LogP contribution is -2.39. The highest BCUT2D eigenvalue weighted by molar-refractivity contribution is 6.31.